The minimum Gasteiger partial charge on any atom is -0.493 e. The maximum Gasteiger partial charge on any atom is 0.119 e. The Morgan fingerprint density at radius 2 is 1.54 bits per heavy atom. The zero-order valence-corrected chi connectivity index (χ0v) is 15.2. The molecule has 3 aromatic carbocycles. The molecule has 0 saturated carbocycles. The molecular weight excluding hydrogens is 320 g/mol. The summed E-state index contributed by atoms with van der Waals surface area (Å²) in [5, 5.41) is 5.87. The molecule has 3 nitrogen and oxygen atoms in total. The van der Waals surface area contributed by atoms with Crippen molar-refractivity contribution in [3.05, 3.63) is 77.9 Å². The van der Waals surface area contributed by atoms with Crippen LogP contribution in [0.3, 0.4) is 0 Å². The fourth-order valence-electron chi connectivity index (χ4n) is 3.48. The predicted octanol–water partition coefficient (Wildman–Crippen LogP) is 3.87. The van der Waals surface area contributed by atoms with E-state index in [0.29, 0.717) is 6.61 Å². The van der Waals surface area contributed by atoms with Gasteiger partial charge < -0.3 is 10.1 Å². The molecule has 1 aliphatic rings. The van der Waals surface area contributed by atoms with Crippen LogP contribution in [0.15, 0.2) is 66.7 Å². The Morgan fingerprint density at radius 1 is 0.808 bits per heavy atom. The number of piperazine rings is 1. The third-order valence-corrected chi connectivity index (χ3v) is 5.02. The zero-order valence-electron chi connectivity index (χ0n) is 15.2. The van der Waals surface area contributed by atoms with Gasteiger partial charge in [0, 0.05) is 39.1 Å². The molecule has 1 aliphatic heterocycles. The molecule has 1 N–H and O–H groups in total. The molecule has 0 spiro atoms. The molecule has 0 aromatic heterocycles. The van der Waals surface area contributed by atoms with E-state index in [1.165, 1.54) is 21.9 Å². The summed E-state index contributed by atoms with van der Waals surface area (Å²) >= 11 is 0. The maximum absolute atomic E-state index is 5.95. The number of ether oxygens (including phenoxy) is 1. The summed E-state index contributed by atoms with van der Waals surface area (Å²) in [5.41, 5.74) is 2.72. The summed E-state index contributed by atoms with van der Waals surface area (Å²) in [6.45, 7) is 6.24. The van der Waals surface area contributed by atoms with Crippen LogP contribution in [0.1, 0.15) is 11.1 Å². The summed E-state index contributed by atoms with van der Waals surface area (Å²) < 4.78 is 5.95. The van der Waals surface area contributed by atoms with Crippen molar-refractivity contribution in [1.82, 2.24) is 10.2 Å². The lowest BCUT2D eigenvalue weighted by atomic mass is 10.1. The molecule has 134 valence electrons. The van der Waals surface area contributed by atoms with Gasteiger partial charge in [0.15, 0.2) is 0 Å². The van der Waals surface area contributed by atoms with E-state index >= 15 is 0 Å². The highest BCUT2D eigenvalue weighted by Gasteiger charge is 2.09. The summed E-state index contributed by atoms with van der Waals surface area (Å²) in [6, 6.07) is 23.7. The van der Waals surface area contributed by atoms with Gasteiger partial charge in [0.25, 0.3) is 0 Å². The zero-order chi connectivity index (χ0) is 17.6. The standard InChI is InChI=1S/C23H26N2O/c1-2-4-22-17-23(10-9-21(22)3-1)26-16-11-19-5-7-20(8-6-19)18-25-14-12-24-13-15-25/h1-10,17,24H,11-16,18H2. The fraction of sp³-hybridized carbons (Fsp3) is 0.304. The fourth-order valence-corrected chi connectivity index (χ4v) is 3.48. The number of nitrogens with one attached hydrogen (secondary N) is 1. The quantitative estimate of drug-likeness (QED) is 0.733. The van der Waals surface area contributed by atoms with Crippen molar-refractivity contribution in [3.8, 4) is 5.75 Å². The summed E-state index contributed by atoms with van der Waals surface area (Å²) in [7, 11) is 0. The van der Waals surface area contributed by atoms with Crippen molar-refractivity contribution >= 4 is 10.8 Å². The highest BCUT2D eigenvalue weighted by molar-refractivity contribution is 5.83. The number of fused-ring (bicyclic) bond motifs is 1. The molecule has 26 heavy (non-hydrogen) atoms. The third-order valence-electron chi connectivity index (χ3n) is 5.02. The SMILES string of the molecule is c1ccc2cc(OCCc3ccc(CN4CCNCC4)cc3)ccc2c1. The normalized spacial score (nSPS) is 15.2. The molecular formula is C23H26N2O. The van der Waals surface area contributed by atoms with Gasteiger partial charge in [0.2, 0.25) is 0 Å². The van der Waals surface area contributed by atoms with Gasteiger partial charge in [-0.2, -0.15) is 0 Å². The van der Waals surface area contributed by atoms with Gasteiger partial charge in [-0.25, -0.2) is 0 Å². The molecule has 0 amide bonds. The Bertz CT molecular complexity index is 838. The van der Waals surface area contributed by atoms with Crippen LogP contribution in [-0.2, 0) is 13.0 Å². The Balaban J connectivity index is 1.28. The predicted molar refractivity (Wildman–Crippen MR) is 108 cm³/mol. The van der Waals surface area contributed by atoms with E-state index in [2.05, 4.69) is 76.9 Å². The van der Waals surface area contributed by atoms with E-state index in [1.54, 1.807) is 0 Å². The van der Waals surface area contributed by atoms with E-state index in [-0.39, 0.29) is 0 Å². The number of rotatable bonds is 6. The van der Waals surface area contributed by atoms with Gasteiger partial charge in [-0.05, 0) is 34.0 Å². The second kappa shape index (κ2) is 8.35. The number of hydrogen-bond donors (Lipinski definition) is 1. The molecule has 3 heteroatoms. The first-order chi connectivity index (χ1) is 12.9. The molecule has 0 atom stereocenters. The Hall–Kier alpha value is -2.36. The number of benzene rings is 3. The maximum atomic E-state index is 5.95. The Labute approximate surface area is 155 Å². The van der Waals surface area contributed by atoms with Crippen molar-refractivity contribution in [2.75, 3.05) is 32.8 Å². The second-order valence-electron chi connectivity index (χ2n) is 6.95. The molecule has 1 saturated heterocycles. The first kappa shape index (κ1) is 17.1. The topological polar surface area (TPSA) is 24.5 Å². The summed E-state index contributed by atoms with van der Waals surface area (Å²) in [6.07, 6.45) is 0.931. The van der Waals surface area contributed by atoms with Crippen LogP contribution in [-0.4, -0.2) is 37.7 Å². The average Bonchev–Trinajstić information content (AvgIpc) is 2.70. The van der Waals surface area contributed by atoms with E-state index in [4.69, 9.17) is 4.74 Å². The average molecular weight is 346 g/mol. The lowest BCUT2D eigenvalue weighted by Gasteiger charge is -2.27. The van der Waals surface area contributed by atoms with Gasteiger partial charge in [-0.1, -0.05) is 54.6 Å². The molecule has 1 fully saturated rings. The number of nitrogens with zero attached hydrogens (tertiary/aromatic N) is 1. The summed E-state index contributed by atoms with van der Waals surface area (Å²) in [5.74, 6) is 0.944. The van der Waals surface area contributed by atoms with E-state index in [9.17, 15) is 0 Å². The van der Waals surface area contributed by atoms with Gasteiger partial charge in [-0.3, -0.25) is 4.90 Å². The minimum absolute atomic E-state index is 0.704. The van der Waals surface area contributed by atoms with E-state index in [1.807, 2.05) is 0 Å². The number of hydrogen-bond acceptors (Lipinski definition) is 3. The van der Waals surface area contributed by atoms with Crippen LogP contribution in [0.25, 0.3) is 10.8 Å². The van der Waals surface area contributed by atoms with Crippen molar-refractivity contribution in [2.45, 2.75) is 13.0 Å². The molecule has 0 bridgehead atoms. The van der Waals surface area contributed by atoms with E-state index < -0.39 is 0 Å². The van der Waals surface area contributed by atoms with Crippen LogP contribution < -0.4 is 10.1 Å². The minimum atomic E-state index is 0.704. The molecule has 1 heterocycles. The molecule has 4 rings (SSSR count). The summed E-state index contributed by atoms with van der Waals surface area (Å²) in [4.78, 5) is 2.51. The molecule has 0 unspecified atom stereocenters. The smallest absolute Gasteiger partial charge is 0.119 e. The van der Waals surface area contributed by atoms with Gasteiger partial charge in [0.1, 0.15) is 5.75 Å². The molecule has 0 aliphatic carbocycles. The van der Waals surface area contributed by atoms with E-state index in [0.717, 1.165) is 44.9 Å². The monoisotopic (exact) mass is 346 g/mol. The van der Waals surface area contributed by atoms with Crippen LogP contribution in [0.2, 0.25) is 0 Å². The third kappa shape index (κ3) is 4.43. The van der Waals surface area contributed by atoms with Crippen molar-refractivity contribution in [1.29, 1.82) is 0 Å². The van der Waals surface area contributed by atoms with Gasteiger partial charge in [-0.15, -0.1) is 0 Å². The highest BCUT2D eigenvalue weighted by atomic mass is 16.5. The van der Waals surface area contributed by atoms with Crippen LogP contribution >= 0.6 is 0 Å². The Kier molecular flexibility index (Phi) is 5.48. The van der Waals surface area contributed by atoms with Crippen molar-refractivity contribution < 1.29 is 4.74 Å². The van der Waals surface area contributed by atoms with Crippen LogP contribution in [0.4, 0.5) is 0 Å². The Morgan fingerprint density at radius 3 is 2.35 bits per heavy atom. The van der Waals surface area contributed by atoms with Crippen molar-refractivity contribution in [3.63, 3.8) is 0 Å². The molecule has 3 aromatic rings. The second-order valence-corrected chi connectivity index (χ2v) is 6.95. The van der Waals surface area contributed by atoms with Crippen LogP contribution in [0.5, 0.6) is 5.75 Å². The largest absolute Gasteiger partial charge is 0.493 e. The highest BCUT2D eigenvalue weighted by Crippen LogP contribution is 2.20. The van der Waals surface area contributed by atoms with Crippen molar-refractivity contribution in [2.24, 2.45) is 0 Å². The van der Waals surface area contributed by atoms with Gasteiger partial charge in [0.05, 0.1) is 6.61 Å². The lowest BCUT2D eigenvalue weighted by molar-refractivity contribution is 0.233. The first-order valence-electron chi connectivity index (χ1n) is 9.49. The first-order valence-corrected chi connectivity index (χ1v) is 9.49. The van der Waals surface area contributed by atoms with Gasteiger partial charge >= 0.3 is 0 Å². The molecule has 0 radical (unpaired) electrons. The lowest BCUT2D eigenvalue weighted by Crippen LogP contribution is -2.42. The van der Waals surface area contributed by atoms with Crippen LogP contribution in [0, 0.1) is 0 Å².